The van der Waals surface area contributed by atoms with Crippen LogP contribution >= 0.6 is 12.4 Å². The molecule has 80 valence electrons. The van der Waals surface area contributed by atoms with Crippen LogP contribution in [-0.2, 0) is 0 Å². The number of nitrogen functional groups attached to an aromatic ring is 1. The Morgan fingerprint density at radius 3 is 2.73 bits per heavy atom. The highest BCUT2D eigenvalue weighted by Crippen LogP contribution is 2.27. The van der Waals surface area contributed by atoms with Gasteiger partial charge in [0, 0.05) is 12.4 Å². The fourth-order valence-corrected chi connectivity index (χ4v) is 1.60. The third-order valence-electron chi connectivity index (χ3n) is 2.30. The summed E-state index contributed by atoms with van der Waals surface area (Å²) in [6.45, 7) is 2.06. The molecule has 0 atom stereocenters. The monoisotopic (exact) mass is 223 g/mol. The van der Waals surface area contributed by atoms with Gasteiger partial charge in [0.25, 0.3) is 0 Å². The Morgan fingerprint density at radius 2 is 2.07 bits per heavy atom. The molecule has 0 fully saturated rings. The molecule has 0 aliphatic heterocycles. The van der Waals surface area contributed by atoms with Crippen molar-refractivity contribution >= 4 is 34.7 Å². The molecule has 0 radical (unpaired) electrons. The van der Waals surface area contributed by atoms with Crippen LogP contribution in [0, 0.1) is 6.92 Å². The van der Waals surface area contributed by atoms with E-state index < -0.39 is 0 Å². The summed E-state index contributed by atoms with van der Waals surface area (Å²) in [5, 5.41) is 4.18. The van der Waals surface area contributed by atoms with Crippen LogP contribution in [0.15, 0.2) is 24.4 Å². The number of benzene rings is 1. The minimum absolute atomic E-state index is 0. The Balaban J connectivity index is 0.00000112. The Bertz CT molecular complexity index is 477. The molecular weight excluding hydrogens is 210 g/mol. The molecule has 15 heavy (non-hydrogen) atoms. The van der Waals surface area contributed by atoms with Gasteiger partial charge in [0.15, 0.2) is 0 Å². The van der Waals surface area contributed by atoms with Crippen molar-refractivity contribution in [3.05, 3.63) is 30.0 Å². The Hall–Kier alpha value is -1.48. The van der Waals surface area contributed by atoms with E-state index in [1.165, 1.54) is 5.56 Å². The van der Waals surface area contributed by atoms with E-state index in [2.05, 4.69) is 23.3 Å². The molecule has 3 N–H and O–H groups in total. The van der Waals surface area contributed by atoms with Gasteiger partial charge in [0.2, 0.25) is 0 Å². The van der Waals surface area contributed by atoms with E-state index in [4.69, 9.17) is 5.73 Å². The average molecular weight is 224 g/mol. The van der Waals surface area contributed by atoms with E-state index in [1.54, 1.807) is 6.20 Å². The molecule has 0 aliphatic carbocycles. The van der Waals surface area contributed by atoms with Crippen LogP contribution in [0.25, 0.3) is 10.9 Å². The third-order valence-corrected chi connectivity index (χ3v) is 2.30. The minimum Gasteiger partial charge on any atom is -0.396 e. The number of nitrogens with zero attached hydrogens (tertiary/aromatic N) is 1. The third kappa shape index (κ3) is 1.97. The molecule has 0 aliphatic rings. The van der Waals surface area contributed by atoms with Crippen LogP contribution in [-0.4, -0.2) is 12.0 Å². The second kappa shape index (κ2) is 4.36. The summed E-state index contributed by atoms with van der Waals surface area (Å²) in [5.41, 5.74) is 9.64. The van der Waals surface area contributed by atoms with Crippen LogP contribution in [0.1, 0.15) is 5.56 Å². The molecule has 1 aromatic carbocycles. The van der Waals surface area contributed by atoms with Crippen molar-refractivity contribution in [2.24, 2.45) is 0 Å². The first-order chi connectivity index (χ1) is 6.72. The first kappa shape index (κ1) is 11.6. The molecule has 1 heterocycles. The lowest BCUT2D eigenvalue weighted by Gasteiger charge is -2.08. The second-order valence-corrected chi connectivity index (χ2v) is 3.36. The van der Waals surface area contributed by atoms with Gasteiger partial charge in [-0.3, -0.25) is 4.98 Å². The number of hydrogen-bond acceptors (Lipinski definition) is 3. The van der Waals surface area contributed by atoms with Crippen molar-refractivity contribution in [3.63, 3.8) is 0 Å². The van der Waals surface area contributed by atoms with Gasteiger partial charge < -0.3 is 11.1 Å². The quantitative estimate of drug-likeness (QED) is 0.782. The minimum atomic E-state index is 0. The SMILES string of the molecule is CNc1c(N)cnc2ccc(C)cc12.Cl. The fraction of sp³-hybridized carbons (Fsp3) is 0.182. The fourth-order valence-electron chi connectivity index (χ4n) is 1.60. The van der Waals surface area contributed by atoms with Gasteiger partial charge in [0.1, 0.15) is 0 Å². The molecule has 1 aromatic heterocycles. The molecule has 2 aromatic rings. The highest BCUT2D eigenvalue weighted by Gasteiger charge is 2.04. The van der Waals surface area contributed by atoms with Gasteiger partial charge in [-0.25, -0.2) is 0 Å². The molecule has 0 saturated carbocycles. The normalized spacial score (nSPS) is 9.73. The van der Waals surface area contributed by atoms with Gasteiger partial charge in [-0.2, -0.15) is 0 Å². The molecule has 0 amide bonds. The number of aryl methyl sites for hydroxylation is 1. The van der Waals surface area contributed by atoms with E-state index in [1.807, 2.05) is 19.2 Å². The van der Waals surface area contributed by atoms with Crippen LogP contribution in [0.2, 0.25) is 0 Å². The van der Waals surface area contributed by atoms with Gasteiger partial charge in [-0.1, -0.05) is 11.6 Å². The number of nitrogens with one attached hydrogen (secondary N) is 1. The molecule has 0 spiro atoms. The number of aromatic nitrogens is 1. The van der Waals surface area contributed by atoms with Gasteiger partial charge >= 0.3 is 0 Å². The lowest BCUT2D eigenvalue weighted by Crippen LogP contribution is -1.98. The largest absolute Gasteiger partial charge is 0.396 e. The maximum absolute atomic E-state index is 5.82. The van der Waals surface area contributed by atoms with Gasteiger partial charge in [-0.15, -0.1) is 12.4 Å². The van der Waals surface area contributed by atoms with Crippen LogP contribution in [0.3, 0.4) is 0 Å². The Morgan fingerprint density at radius 1 is 1.33 bits per heavy atom. The van der Waals surface area contributed by atoms with Crippen LogP contribution in [0.4, 0.5) is 11.4 Å². The van der Waals surface area contributed by atoms with E-state index in [-0.39, 0.29) is 12.4 Å². The number of rotatable bonds is 1. The zero-order chi connectivity index (χ0) is 10.1. The van der Waals surface area contributed by atoms with Crippen molar-refractivity contribution in [3.8, 4) is 0 Å². The van der Waals surface area contributed by atoms with E-state index in [9.17, 15) is 0 Å². The number of nitrogens with two attached hydrogens (primary N) is 1. The summed E-state index contributed by atoms with van der Waals surface area (Å²) in [5.74, 6) is 0. The maximum atomic E-state index is 5.82. The topological polar surface area (TPSA) is 50.9 Å². The van der Waals surface area contributed by atoms with Gasteiger partial charge in [0.05, 0.1) is 23.1 Å². The lowest BCUT2D eigenvalue weighted by atomic mass is 10.1. The van der Waals surface area contributed by atoms with E-state index >= 15 is 0 Å². The Kier molecular flexibility index (Phi) is 3.37. The molecule has 4 heteroatoms. The highest BCUT2D eigenvalue weighted by atomic mass is 35.5. The van der Waals surface area contributed by atoms with E-state index in [0.29, 0.717) is 5.69 Å². The smallest absolute Gasteiger partial charge is 0.0742 e. The summed E-state index contributed by atoms with van der Waals surface area (Å²) in [6.07, 6.45) is 1.68. The lowest BCUT2D eigenvalue weighted by molar-refractivity contribution is 1.38. The predicted molar refractivity (Wildman–Crippen MR) is 67.7 cm³/mol. The van der Waals surface area contributed by atoms with Crippen molar-refractivity contribution in [2.75, 3.05) is 18.1 Å². The number of halogens is 1. The molecular formula is C11H14ClN3. The molecule has 0 bridgehead atoms. The number of pyridine rings is 1. The highest BCUT2D eigenvalue weighted by molar-refractivity contribution is 5.97. The second-order valence-electron chi connectivity index (χ2n) is 3.36. The van der Waals surface area contributed by atoms with Crippen molar-refractivity contribution in [2.45, 2.75) is 6.92 Å². The number of hydrogen-bond donors (Lipinski definition) is 2. The predicted octanol–water partition coefficient (Wildman–Crippen LogP) is 2.59. The number of fused-ring (bicyclic) bond motifs is 1. The average Bonchev–Trinajstić information content (AvgIpc) is 2.17. The van der Waals surface area contributed by atoms with Crippen LogP contribution < -0.4 is 11.1 Å². The first-order valence-electron chi connectivity index (χ1n) is 4.55. The standard InChI is InChI=1S/C11H13N3.ClH/c1-7-3-4-10-8(5-7)11(13-2)9(12)6-14-10;/h3-6H,12H2,1-2H3,(H,13,14);1H. The molecule has 0 saturated heterocycles. The molecule has 2 rings (SSSR count). The number of anilines is 2. The summed E-state index contributed by atoms with van der Waals surface area (Å²) in [6, 6.07) is 6.14. The zero-order valence-electron chi connectivity index (χ0n) is 8.74. The summed E-state index contributed by atoms with van der Waals surface area (Å²) in [7, 11) is 1.87. The van der Waals surface area contributed by atoms with Crippen LogP contribution in [0.5, 0.6) is 0 Å². The van der Waals surface area contributed by atoms with Crippen molar-refractivity contribution in [1.29, 1.82) is 0 Å². The molecule has 0 unspecified atom stereocenters. The van der Waals surface area contributed by atoms with Gasteiger partial charge in [-0.05, 0) is 19.1 Å². The van der Waals surface area contributed by atoms with Crippen molar-refractivity contribution in [1.82, 2.24) is 4.98 Å². The first-order valence-corrected chi connectivity index (χ1v) is 4.55. The Labute approximate surface area is 95.1 Å². The zero-order valence-corrected chi connectivity index (χ0v) is 9.56. The summed E-state index contributed by atoms with van der Waals surface area (Å²) in [4.78, 5) is 4.27. The molecule has 3 nitrogen and oxygen atoms in total. The van der Waals surface area contributed by atoms with E-state index in [0.717, 1.165) is 16.6 Å². The summed E-state index contributed by atoms with van der Waals surface area (Å²) < 4.78 is 0. The van der Waals surface area contributed by atoms with Crippen molar-refractivity contribution < 1.29 is 0 Å². The maximum Gasteiger partial charge on any atom is 0.0742 e. The summed E-state index contributed by atoms with van der Waals surface area (Å²) >= 11 is 0.